The number of hydrogen-bond acceptors (Lipinski definition) is 4. The molecule has 1 saturated heterocycles. The number of likely N-dealkylation sites (tertiary alicyclic amines) is 1. The number of ether oxygens (including phenoxy) is 2. The molecule has 1 fully saturated rings. The van der Waals surface area contributed by atoms with Crippen LogP contribution in [0, 0.1) is 0 Å². The molecule has 1 aliphatic rings. The molecule has 0 saturated carbocycles. The Morgan fingerprint density at radius 1 is 1.42 bits per heavy atom. The zero-order chi connectivity index (χ0) is 14.6. The van der Waals surface area contributed by atoms with Crippen LogP contribution in [0.15, 0.2) is 0 Å². The summed E-state index contributed by atoms with van der Waals surface area (Å²) < 4.78 is 10.6. The van der Waals surface area contributed by atoms with Gasteiger partial charge >= 0.3 is 12.1 Å². The van der Waals surface area contributed by atoms with Crippen molar-refractivity contribution in [1.82, 2.24) is 4.90 Å². The zero-order valence-corrected chi connectivity index (χ0v) is 12.0. The minimum Gasteiger partial charge on any atom is -0.465 e. The first-order valence-corrected chi connectivity index (χ1v) is 6.55. The maximum absolute atomic E-state index is 11.7. The van der Waals surface area contributed by atoms with Crippen molar-refractivity contribution < 1.29 is 24.2 Å². The highest BCUT2D eigenvalue weighted by Gasteiger charge is 2.30. The maximum Gasteiger partial charge on any atom is 0.407 e. The number of rotatable bonds is 4. The molecular formula is C13H23NO5. The highest BCUT2D eigenvalue weighted by Crippen LogP contribution is 2.18. The third-order valence-electron chi connectivity index (χ3n) is 2.90. The molecule has 0 aromatic rings. The summed E-state index contributed by atoms with van der Waals surface area (Å²) in [6.45, 7) is 7.76. The van der Waals surface area contributed by atoms with E-state index in [0.29, 0.717) is 6.54 Å². The largest absolute Gasteiger partial charge is 0.465 e. The fourth-order valence-corrected chi connectivity index (χ4v) is 1.97. The van der Waals surface area contributed by atoms with Crippen LogP contribution in [0.4, 0.5) is 4.79 Å². The van der Waals surface area contributed by atoms with Crippen molar-refractivity contribution in [3.63, 3.8) is 0 Å². The van der Waals surface area contributed by atoms with Gasteiger partial charge in [0.2, 0.25) is 0 Å². The Kier molecular flexibility index (Phi) is 5.17. The van der Waals surface area contributed by atoms with Crippen LogP contribution < -0.4 is 0 Å². The lowest BCUT2D eigenvalue weighted by Crippen LogP contribution is -2.39. The lowest BCUT2D eigenvalue weighted by molar-refractivity contribution is -0.168. The SMILES string of the molecule is CC(OC[C@@H]1CCCN1C(=O)O)C(=O)OC(C)(C)C. The topological polar surface area (TPSA) is 76.1 Å². The van der Waals surface area contributed by atoms with Crippen LogP contribution in [-0.2, 0) is 14.3 Å². The van der Waals surface area contributed by atoms with Gasteiger partial charge in [-0.3, -0.25) is 0 Å². The summed E-state index contributed by atoms with van der Waals surface area (Å²) in [5.74, 6) is -0.424. The summed E-state index contributed by atoms with van der Waals surface area (Å²) in [5.41, 5.74) is -0.546. The maximum atomic E-state index is 11.7. The van der Waals surface area contributed by atoms with Gasteiger partial charge in [0.1, 0.15) is 5.60 Å². The molecule has 6 nitrogen and oxygen atoms in total. The van der Waals surface area contributed by atoms with Crippen LogP contribution in [0.2, 0.25) is 0 Å². The first kappa shape index (κ1) is 15.8. The van der Waals surface area contributed by atoms with Crippen molar-refractivity contribution in [2.24, 2.45) is 0 Å². The molecule has 0 bridgehead atoms. The summed E-state index contributed by atoms with van der Waals surface area (Å²) in [7, 11) is 0. The third-order valence-corrected chi connectivity index (χ3v) is 2.90. The van der Waals surface area contributed by atoms with Crippen molar-refractivity contribution in [2.75, 3.05) is 13.2 Å². The monoisotopic (exact) mass is 273 g/mol. The van der Waals surface area contributed by atoms with E-state index in [0.717, 1.165) is 12.8 Å². The number of nitrogens with zero attached hydrogens (tertiary/aromatic N) is 1. The molecule has 0 aromatic carbocycles. The molecule has 19 heavy (non-hydrogen) atoms. The van der Waals surface area contributed by atoms with Gasteiger partial charge in [-0.1, -0.05) is 0 Å². The van der Waals surface area contributed by atoms with Crippen LogP contribution in [0.25, 0.3) is 0 Å². The summed E-state index contributed by atoms with van der Waals surface area (Å²) in [5, 5.41) is 8.99. The minimum absolute atomic E-state index is 0.164. The van der Waals surface area contributed by atoms with E-state index < -0.39 is 23.8 Å². The standard InChI is InChI=1S/C13H23NO5/c1-9(11(15)19-13(2,3)4)18-8-10-6-5-7-14(10)12(16)17/h9-10H,5-8H2,1-4H3,(H,16,17)/t9?,10-/m0/s1. The predicted octanol–water partition coefficient (Wildman–Crippen LogP) is 1.88. The van der Waals surface area contributed by atoms with E-state index in [9.17, 15) is 9.59 Å². The Balaban J connectivity index is 2.39. The first-order chi connectivity index (χ1) is 8.70. The van der Waals surface area contributed by atoms with E-state index >= 15 is 0 Å². The highest BCUT2D eigenvalue weighted by atomic mass is 16.6. The quantitative estimate of drug-likeness (QED) is 0.791. The Hall–Kier alpha value is -1.30. The second-order valence-corrected chi connectivity index (χ2v) is 5.78. The predicted molar refractivity (Wildman–Crippen MR) is 69.0 cm³/mol. The molecule has 1 rings (SSSR count). The van der Waals surface area contributed by atoms with Crippen LogP contribution >= 0.6 is 0 Å². The smallest absolute Gasteiger partial charge is 0.407 e. The number of carbonyl (C=O) groups is 2. The number of carbonyl (C=O) groups excluding carboxylic acids is 1. The molecule has 1 N–H and O–H groups in total. The van der Waals surface area contributed by atoms with Crippen LogP contribution in [-0.4, -0.2) is 53.0 Å². The first-order valence-electron chi connectivity index (χ1n) is 6.55. The van der Waals surface area contributed by atoms with E-state index in [-0.39, 0.29) is 12.6 Å². The summed E-state index contributed by atoms with van der Waals surface area (Å²) in [6.07, 6.45) is -0.0134. The van der Waals surface area contributed by atoms with Gasteiger partial charge in [0.05, 0.1) is 12.6 Å². The Bertz CT molecular complexity index is 336. The normalized spacial score (nSPS) is 21.3. The zero-order valence-electron chi connectivity index (χ0n) is 12.0. The number of esters is 1. The average molecular weight is 273 g/mol. The summed E-state index contributed by atoms with van der Waals surface area (Å²) >= 11 is 0. The van der Waals surface area contributed by atoms with Gasteiger partial charge in [-0.2, -0.15) is 0 Å². The van der Waals surface area contributed by atoms with Crippen molar-refractivity contribution in [3.05, 3.63) is 0 Å². The molecule has 6 heteroatoms. The van der Waals surface area contributed by atoms with E-state index in [1.54, 1.807) is 27.7 Å². The number of hydrogen-bond donors (Lipinski definition) is 1. The molecule has 0 aromatic heterocycles. The number of carboxylic acid groups (broad SMARTS) is 1. The van der Waals surface area contributed by atoms with Gasteiger partial charge in [0.25, 0.3) is 0 Å². The molecule has 1 amide bonds. The number of amides is 1. The minimum atomic E-state index is -0.934. The van der Waals surface area contributed by atoms with Gasteiger partial charge in [-0.05, 0) is 40.5 Å². The second kappa shape index (κ2) is 6.23. The van der Waals surface area contributed by atoms with Crippen molar-refractivity contribution in [3.8, 4) is 0 Å². The Morgan fingerprint density at radius 2 is 2.05 bits per heavy atom. The van der Waals surface area contributed by atoms with Crippen LogP contribution in [0.3, 0.4) is 0 Å². The molecule has 110 valence electrons. The van der Waals surface area contributed by atoms with Crippen LogP contribution in [0.1, 0.15) is 40.5 Å². The lowest BCUT2D eigenvalue weighted by Gasteiger charge is -2.25. The fraction of sp³-hybridized carbons (Fsp3) is 0.846. The van der Waals surface area contributed by atoms with Gasteiger partial charge in [-0.15, -0.1) is 0 Å². The van der Waals surface area contributed by atoms with Crippen molar-refractivity contribution in [2.45, 2.75) is 58.3 Å². The molecule has 1 unspecified atom stereocenters. The van der Waals surface area contributed by atoms with Crippen molar-refractivity contribution in [1.29, 1.82) is 0 Å². The lowest BCUT2D eigenvalue weighted by atomic mass is 10.2. The molecule has 0 spiro atoms. The van der Waals surface area contributed by atoms with Gasteiger partial charge < -0.3 is 19.5 Å². The highest BCUT2D eigenvalue weighted by molar-refractivity contribution is 5.74. The van der Waals surface area contributed by atoms with Crippen LogP contribution in [0.5, 0.6) is 0 Å². The fourth-order valence-electron chi connectivity index (χ4n) is 1.97. The molecule has 0 aliphatic carbocycles. The van der Waals surface area contributed by atoms with E-state index in [1.165, 1.54) is 4.90 Å². The Morgan fingerprint density at radius 3 is 2.58 bits per heavy atom. The summed E-state index contributed by atoms with van der Waals surface area (Å²) in [4.78, 5) is 24.0. The van der Waals surface area contributed by atoms with E-state index in [2.05, 4.69) is 0 Å². The molecule has 0 radical (unpaired) electrons. The van der Waals surface area contributed by atoms with Crippen molar-refractivity contribution >= 4 is 12.1 Å². The second-order valence-electron chi connectivity index (χ2n) is 5.78. The molecule has 1 heterocycles. The van der Waals surface area contributed by atoms with E-state index in [4.69, 9.17) is 14.6 Å². The van der Waals surface area contributed by atoms with E-state index in [1.807, 2.05) is 0 Å². The Labute approximate surface area is 113 Å². The van der Waals surface area contributed by atoms with Gasteiger partial charge in [0, 0.05) is 6.54 Å². The molecule has 2 atom stereocenters. The van der Waals surface area contributed by atoms with Gasteiger partial charge in [0.15, 0.2) is 6.10 Å². The summed E-state index contributed by atoms with van der Waals surface area (Å²) in [6, 6.07) is -0.164. The third kappa shape index (κ3) is 5.06. The van der Waals surface area contributed by atoms with Gasteiger partial charge in [-0.25, -0.2) is 9.59 Å². The average Bonchev–Trinajstić information content (AvgIpc) is 2.71. The molecular weight excluding hydrogens is 250 g/mol. The molecule has 1 aliphatic heterocycles.